The van der Waals surface area contributed by atoms with E-state index in [0.717, 1.165) is 13.0 Å². The van der Waals surface area contributed by atoms with E-state index in [1.54, 1.807) is 25.1 Å². The fraction of sp³-hybridized carbons (Fsp3) is 0.533. The van der Waals surface area contributed by atoms with Gasteiger partial charge in [-0.25, -0.2) is 0 Å². The predicted octanol–water partition coefficient (Wildman–Crippen LogP) is 1.70. The predicted molar refractivity (Wildman–Crippen MR) is 77.0 cm³/mol. The Kier molecular flexibility index (Phi) is 6.29. The van der Waals surface area contributed by atoms with Crippen LogP contribution in [0.1, 0.15) is 25.8 Å². The fourth-order valence-corrected chi connectivity index (χ4v) is 1.66. The van der Waals surface area contributed by atoms with Gasteiger partial charge in [-0.1, -0.05) is 6.92 Å². The van der Waals surface area contributed by atoms with Crippen LogP contribution < -0.4 is 14.8 Å². The lowest BCUT2D eigenvalue weighted by atomic mass is 10.1. The smallest absolute Gasteiger partial charge is 0.124 e. The highest BCUT2D eigenvalue weighted by molar-refractivity contribution is 5.43. The van der Waals surface area contributed by atoms with Crippen LogP contribution in [0.4, 0.5) is 0 Å². The molecule has 1 atom stereocenters. The van der Waals surface area contributed by atoms with E-state index >= 15 is 0 Å². The molecule has 5 heteroatoms. The summed E-state index contributed by atoms with van der Waals surface area (Å²) in [6, 6.07) is 6.99. The highest BCUT2D eigenvalue weighted by Crippen LogP contribution is 2.23. The minimum Gasteiger partial charge on any atom is -0.497 e. The topological polar surface area (TPSA) is 74.5 Å². The van der Waals surface area contributed by atoms with Gasteiger partial charge in [-0.2, -0.15) is 5.26 Å². The average molecular weight is 278 g/mol. The first-order valence-electron chi connectivity index (χ1n) is 6.66. The van der Waals surface area contributed by atoms with Gasteiger partial charge in [0, 0.05) is 12.6 Å². The van der Waals surface area contributed by atoms with Crippen LogP contribution in [-0.4, -0.2) is 37.5 Å². The number of rotatable bonds is 8. The number of methoxy groups -OCH3 is 1. The number of hydrogen-bond donors (Lipinski definition) is 2. The fourth-order valence-electron chi connectivity index (χ4n) is 1.66. The first-order chi connectivity index (χ1) is 9.50. The second kappa shape index (κ2) is 7.73. The van der Waals surface area contributed by atoms with Crippen molar-refractivity contribution in [1.29, 1.82) is 5.26 Å². The minimum absolute atomic E-state index is 0.141. The van der Waals surface area contributed by atoms with Crippen LogP contribution in [0.5, 0.6) is 11.5 Å². The summed E-state index contributed by atoms with van der Waals surface area (Å²) in [5.74, 6) is 1.07. The molecule has 1 unspecified atom stereocenters. The summed E-state index contributed by atoms with van der Waals surface area (Å²) in [7, 11) is 1.53. The molecule has 0 amide bonds. The molecule has 1 aromatic rings. The monoisotopic (exact) mass is 278 g/mol. The maximum atomic E-state index is 10.2. The third kappa shape index (κ3) is 5.47. The Morgan fingerprint density at radius 2 is 2.05 bits per heavy atom. The van der Waals surface area contributed by atoms with Crippen molar-refractivity contribution in [2.45, 2.75) is 25.9 Å². The van der Waals surface area contributed by atoms with Gasteiger partial charge < -0.3 is 19.9 Å². The molecule has 0 aromatic heterocycles. The second-order valence-electron chi connectivity index (χ2n) is 4.97. The van der Waals surface area contributed by atoms with E-state index in [-0.39, 0.29) is 6.61 Å². The van der Waals surface area contributed by atoms with Crippen molar-refractivity contribution >= 4 is 0 Å². The van der Waals surface area contributed by atoms with E-state index in [2.05, 4.69) is 12.2 Å². The van der Waals surface area contributed by atoms with Gasteiger partial charge in [0.25, 0.3) is 0 Å². The zero-order valence-electron chi connectivity index (χ0n) is 12.3. The zero-order chi connectivity index (χ0) is 15.0. The van der Waals surface area contributed by atoms with Gasteiger partial charge in [-0.3, -0.25) is 0 Å². The molecule has 1 rings (SSSR count). The number of nitrogens with one attached hydrogen (secondary N) is 1. The molecule has 0 saturated heterocycles. The molecule has 0 aliphatic rings. The van der Waals surface area contributed by atoms with Crippen molar-refractivity contribution in [3.05, 3.63) is 23.8 Å². The zero-order valence-corrected chi connectivity index (χ0v) is 12.3. The van der Waals surface area contributed by atoms with Crippen LogP contribution in [0.25, 0.3) is 0 Å². The average Bonchev–Trinajstić information content (AvgIpc) is 2.45. The van der Waals surface area contributed by atoms with Crippen LogP contribution in [0, 0.1) is 11.3 Å². The van der Waals surface area contributed by atoms with Crippen LogP contribution in [0.3, 0.4) is 0 Å². The lowest BCUT2D eigenvalue weighted by Gasteiger charge is -2.24. The van der Waals surface area contributed by atoms with Crippen molar-refractivity contribution in [2.24, 2.45) is 0 Å². The molecule has 0 fully saturated rings. The summed E-state index contributed by atoms with van der Waals surface area (Å²) < 4.78 is 10.7. The van der Waals surface area contributed by atoms with Gasteiger partial charge in [-0.15, -0.1) is 0 Å². The van der Waals surface area contributed by atoms with Crippen LogP contribution >= 0.6 is 0 Å². The molecule has 0 aliphatic carbocycles. The highest BCUT2D eigenvalue weighted by Gasteiger charge is 2.21. The molecule has 20 heavy (non-hydrogen) atoms. The maximum Gasteiger partial charge on any atom is 0.124 e. The SMILES string of the molecule is CCCNCC(C)(O)COc1cc(C#N)cc(OC)c1. The molecule has 0 saturated carbocycles. The van der Waals surface area contributed by atoms with Crippen LogP contribution in [-0.2, 0) is 0 Å². The molecular formula is C15H22N2O3. The maximum absolute atomic E-state index is 10.2. The number of nitriles is 1. The summed E-state index contributed by atoms with van der Waals surface area (Å²) in [5, 5.41) is 22.3. The number of aliphatic hydroxyl groups is 1. The molecule has 1 aromatic carbocycles. The Labute approximate surface area is 120 Å². The summed E-state index contributed by atoms with van der Waals surface area (Å²) in [5.41, 5.74) is -0.506. The van der Waals surface area contributed by atoms with Gasteiger partial charge in [-0.05, 0) is 32.0 Å². The Bertz CT molecular complexity index is 467. The Hall–Kier alpha value is -1.77. The van der Waals surface area contributed by atoms with E-state index < -0.39 is 5.60 Å². The quantitative estimate of drug-likeness (QED) is 0.708. The number of hydrogen-bond acceptors (Lipinski definition) is 5. The van der Waals surface area contributed by atoms with Crippen molar-refractivity contribution < 1.29 is 14.6 Å². The summed E-state index contributed by atoms with van der Waals surface area (Å²) in [6.45, 7) is 5.23. The van der Waals surface area contributed by atoms with Crippen molar-refractivity contribution in [3.8, 4) is 17.6 Å². The Balaban J connectivity index is 2.62. The van der Waals surface area contributed by atoms with E-state index in [1.165, 1.54) is 7.11 Å². The molecular weight excluding hydrogens is 256 g/mol. The Morgan fingerprint density at radius 1 is 1.35 bits per heavy atom. The van der Waals surface area contributed by atoms with E-state index in [9.17, 15) is 5.11 Å². The first-order valence-corrected chi connectivity index (χ1v) is 6.66. The lowest BCUT2D eigenvalue weighted by Crippen LogP contribution is -2.43. The van der Waals surface area contributed by atoms with Crippen molar-refractivity contribution in [3.63, 3.8) is 0 Å². The molecule has 0 spiro atoms. The molecule has 2 N–H and O–H groups in total. The summed E-state index contributed by atoms with van der Waals surface area (Å²) >= 11 is 0. The molecule has 0 radical (unpaired) electrons. The van der Waals surface area contributed by atoms with E-state index in [4.69, 9.17) is 14.7 Å². The molecule has 5 nitrogen and oxygen atoms in total. The minimum atomic E-state index is -0.967. The molecule has 0 aliphatic heterocycles. The molecule has 110 valence electrons. The third-order valence-corrected chi connectivity index (χ3v) is 2.73. The van der Waals surface area contributed by atoms with Crippen molar-refractivity contribution in [2.75, 3.05) is 26.8 Å². The van der Waals surface area contributed by atoms with Gasteiger partial charge >= 0.3 is 0 Å². The first kappa shape index (κ1) is 16.3. The third-order valence-electron chi connectivity index (χ3n) is 2.73. The van der Waals surface area contributed by atoms with Gasteiger partial charge in [0.1, 0.15) is 23.7 Å². The van der Waals surface area contributed by atoms with Crippen molar-refractivity contribution in [1.82, 2.24) is 5.32 Å². The van der Waals surface area contributed by atoms with E-state index in [1.807, 2.05) is 6.07 Å². The largest absolute Gasteiger partial charge is 0.497 e. The number of nitrogens with zero attached hydrogens (tertiary/aromatic N) is 1. The van der Waals surface area contributed by atoms with Gasteiger partial charge in [0.2, 0.25) is 0 Å². The lowest BCUT2D eigenvalue weighted by molar-refractivity contribution is 0.0124. The standard InChI is InChI=1S/C15H22N2O3/c1-4-5-17-10-15(2,18)11-20-14-7-12(9-16)6-13(8-14)19-3/h6-8,17-18H,4-5,10-11H2,1-3H3. The van der Waals surface area contributed by atoms with E-state index in [0.29, 0.717) is 23.6 Å². The summed E-state index contributed by atoms with van der Waals surface area (Å²) in [6.07, 6.45) is 1.01. The molecule has 0 heterocycles. The van der Waals surface area contributed by atoms with Crippen LogP contribution in [0.15, 0.2) is 18.2 Å². The number of ether oxygens (including phenoxy) is 2. The highest BCUT2D eigenvalue weighted by atomic mass is 16.5. The van der Waals surface area contributed by atoms with Gasteiger partial charge in [0.15, 0.2) is 0 Å². The molecule has 0 bridgehead atoms. The Morgan fingerprint density at radius 3 is 2.65 bits per heavy atom. The number of benzene rings is 1. The second-order valence-corrected chi connectivity index (χ2v) is 4.97. The van der Waals surface area contributed by atoms with Crippen LogP contribution in [0.2, 0.25) is 0 Å². The van der Waals surface area contributed by atoms with Gasteiger partial charge in [0.05, 0.1) is 18.7 Å². The summed E-state index contributed by atoms with van der Waals surface area (Å²) in [4.78, 5) is 0. The normalized spacial score (nSPS) is 13.3.